The zero-order valence-electron chi connectivity index (χ0n) is 30.2. The average Bonchev–Trinajstić information content (AvgIpc) is 3.11. The standard InChI is InChI=1S/C41H53O4P/c1-37(2,3)27-22-23-33(42-13)31(24-27)32-25-28(38(4,5)6)26-41(39(7,8)9,40(10,11)12)36(32)45-46-43-34-20-16-14-18-29(34)30-19-15-17-21-35(30)44-46/h14-26,36H,1-13H3. The molecule has 0 spiro atoms. The number of rotatable bonds is 4. The van der Waals surface area contributed by atoms with Crippen molar-refractivity contribution in [3.05, 3.63) is 95.6 Å². The lowest BCUT2D eigenvalue weighted by molar-refractivity contribution is -0.0440. The summed E-state index contributed by atoms with van der Waals surface area (Å²) >= 11 is 0. The van der Waals surface area contributed by atoms with Gasteiger partial charge in [-0.2, -0.15) is 0 Å². The molecule has 1 unspecified atom stereocenters. The normalized spacial score (nSPS) is 17.5. The molecule has 5 heteroatoms. The second kappa shape index (κ2) is 11.8. The van der Waals surface area contributed by atoms with E-state index in [4.69, 9.17) is 17.7 Å². The van der Waals surface area contributed by atoms with Gasteiger partial charge in [-0.15, -0.1) is 0 Å². The average molecular weight is 641 g/mol. The Hall–Kier alpha value is -3.20. The molecule has 4 nitrogen and oxygen atoms in total. The van der Waals surface area contributed by atoms with Crippen molar-refractivity contribution in [3.8, 4) is 5.75 Å². The molecule has 4 aromatic rings. The van der Waals surface area contributed by atoms with Gasteiger partial charge in [0.15, 0.2) is 0 Å². The van der Waals surface area contributed by atoms with Crippen LogP contribution >= 0.6 is 8.24 Å². The molecule has 1 aliphatic carbocycles. The van der Waals surface area contributed by atoms with Gasteiger partial charge >= 0.3 is 8.24 Å². The highest BCUT2D eigenvalue weighted by molar-refractivity contribution is 7.31. The van der Waals surface area contributed by atoms with Crippen molar-refractivity contribution >= 4 is 35.8 Å². The van der Waals surface area contributed by atoms with Crippen LogP contribution in [0.4, 0.5) is 0 Å². The second-order valence-electron chi connectivity index (χ2n) is 16.9. The van der Waals surface area contributed by atoms with Gasteiger partial charge in [-0.1, -0.05) is 138 Å². The van der Waals surface area contributed by atoms with E-state index in [1.54, 1.807) is 7.11 Å². The molecular formula is C41H53O4P. The molecule has 1 atom stereocenters. The molecule has 0 N–H and O–H groups in total. The maximum Gasteiger partial charge on any atom is 0.388 e. The lowest BCUT2D eigenvalue weighted by atomic mass is 9.48. The van der Waals surface area contributed by atoms with Crippen LogP contribution in [-0.4, -0.2) is 13.2 Å². The molecule has 0 amide bonds. The Labute approximate surface area is 277 Å². The van der Waals surface area contributed by atoms with Crippen LogP contribution in [0, 0.1) is 21.7 Å². The molecule has 0 aliphatic heterocycles. The van der Waals surface area contributed by atoms with E-state index < -0.39 is 19.8 Å². The topological polar surface area (TPSA) is 44.7 Å². The summed E-state index contributed by atoms with van der Waals surface area (Å²) in [5.41, 5.74) is 5.08. The molecule has 1 heterocycles. The maximum absolute atomic E-state index is 7.40. The predicted molar refractivity (Wildman–Crippen MR) is 195 cm³/mol. The fraction of sp³-hybridized carbons (Fsp3) is 0.463. The van der Waals surface area contributed by atoms with Gasteiger partial charge in [0, 0.05) is 21.8 Å². The van der Waals surface area contributed by atoms with Gasteiger partial charge in [-0.05, 0) is 62.6 Å². The van der Waals surface area contributed by atoms with Crippen LogP contribution in [0.1, 0.15) is 94.2 Å². The monoisotopic (exact) mass is 640 g/mol. The van der Waals surface area contributed by atoms with Crippen molar-refractivity contribution < 1.29 is 17.7 Å². The molecule has 46 heavy (non-hydrogen) atoms. The van der Waals surface area contributed by atoms with Crippen molar-refractivity contribution in [3.63, 3.8) is 0 Å². The number of methoxy groups -OCH3 is 1. The van der Waals surface area contributed by atoms with Crippen LogP contribution in [0.15, 0.2) is 92.8 Å². The van der Waals surface area contributed by atoms with Crippen LogP contribution < -0.4 is 9.26 Å². The van der Waals surface area contributed by atoms with E-state index in [0.717, 1.165) is 38.8 Å². The van der Waals surface area contributed by atoms with Crippen molar-refractivity contribution in [2.45, 2.75) is 94.6 Å². The number of ether oxygens (including phenoxy) is 1. The fourth-order valence-corrected chi connectivity index (χ4v) is 8.45. The van der Waals surface area contributed by atoms with Crippen LogP contribution in [0.3, 0.4) is 0 Å². The Kier molecular flexibility index (Phi) is 8.76. The van der Waals surface area contributed by atoms with E-state index >= 15 is 0 Å². The number of allylic oxidation sites excluding steroid dienone is 2. The quantitative estimate of drug-likeness (QED) is 0.223. The van der Waals surface area contributed by atoms with Crippen LogP contribution in [0.2, 0.25) is 0 Å². The van der Waals surface area contributed by atoms with E-state index in [1.165, 1.54) is 11.1 Å². The molecule has 246 valence electrons. The minimum Gasteiger partial charge on any atom is -0.496 e. The molecule has 0 radical (unpaired) electrons. The summed E-state index contributed by atoms with van der Waals surface area (Å²) in [5.74, 6) is 0.825. The number of benzene rings is 3. The summed E-state index contributed by atoms with van der Waals surface area (Å²) in [4.78, 5) is 0. The smallest absolute Gasteiger partial charge is 0.388 e. The number of hydrogen-bond donors (Lipinski definition) is 0. The van der Waals surface area contributed by atoms with E-state index in [1.807, 2.05) is 36.4 Å². The Morgan fingerprint density at radius 1 is 0.674 bits per heavy atom. The van der Waals surface area contributed by atoms with Gasteiger partial charge < -0.3 is 13.1 Å². The highest BCUT2D eigenvalue weighted by Crippen LogP contribution is 2.62. The summed E-state index contributed by atoms with van der Waals surface area (Å²) in [5, 5.41) is 2.00. The van der Waals surface area contributed by atoms with E-state index in [-0.39, 0.29) is 21.7 Å². The van der Waals surface area contributed by atoms with Crippen LogP contribution in [-0.2, 0) is 5.41 Å². The van der Waals surface area contributed by atoms with Gasteiger partial charge in [0.05, 0.1) is 7.11 Å². The predicted octanol–water partition coefficient (Wildman–Crippen LogP) is 12.5. The lowest BCUT2D eigenvalue weighted by Crippen LogP contribution is -2.56. The van der Waals surface area contributed by atoms with Crippen LogP contribution in [0.5, 0.6) is 5.75 Å². The minimum atomic E-state index is -1.86. The number of hydrogen-bond acceptors (Lipinski definition) is 4. The first kappa shape index (κ1) is 34.1. The zero-order valence-corrected chi connectivity index (χ0v) is 31.1. The Morgan fingerprint density at radius 2 is 1.20 bits per heavy atom. The third-order valence-electron chi connectivity index (χ3n) is 9.72. The first-order valence-electron chi connectivity index (χ1n) is 16.4. The Bertz CT molecular complexity index is 1770. The third-order valence-corrected chi connectivity index (χ3v) is 10.8. The molecule has 0 bridgehead atoms. The van der Waals surface area contributed by atoms with Gasteiger partial charge in [0.1, 0.15) is 23.0 Å². The summed E-state index contributed by atoms with van der Waals surface area (Å²) in [6.45, 7) is 27.7. The first-order chi connectivity index (χ1) is 21.3. The number of fused-ring (bicyclic) bond motifs is 3. The minimum absolute atomic E-state index is 0.0501. The molecule has 1 aromatic heterocycles. The van der Waals surface area contributed by atoms with Crippen molar-refractivity contribution in [2.24, 2.45) is 21.7 Å². The number of para-hydroxylation sites is 2. The van der Waals surface area contributed by atoms with Crippen molar-refractivity contribution in [1.29, 1.82) is 0 Å². The molecule has 5 rings (SSSR count). The largest absolute Gasteiger partial charge is 0.496 e. The van der Waals surface area contributed by atoms with Gasteiger partial charge in [-0.3, -0.25) is 4.52 Å². The fourth-order valence-electron chi connectivity index (χ4n) is 7.23. The lowest BCUT2D eigenvalue weighted by Gasteiger charge is -2.58. The van der Waals surface area contributed by atoms with E-state index in [0.29, 0.717) is 0 Å². The molecule has 0 fully saturated rings. The molecule has 0 saturated heterocycles. The highest BCUT2D eigenvalue weighted by Gasteiger charge is 2.58. The second-order valence-corrected chi connectivity index (χ2v) is 17.9. The van der Waals surface area contributed by atoms with Crippen molar-refractivity contribution in [2.75, 3.05) is 7.11 Å². The summed E-state index contributed by atoms with van der Waals surface area (Å²) in [6.07, 6.45) is 4.43. The Morgan fingerprint density at radius 3 is 1.65 bits per heavy atom. The van der Waals surface area contributed by atoms with Gasteiger partial charge in [0.25, 0.3) is 0 Å². The van der Waals surface area contributed by atoms with Crippen molar-refractivity contribution in [1.82, 2.24) is 0 Å². The maximum atomic E-state index is 7.40. The molecular weight excluding hydrogens is 587 g/mol. The zero-order chi connectivity index (χ0) is 33.9. The summed E-state index contributed by atoms with van der Waals surface area (Å²) in [7, 11) is -0.106. The summed E-state index contributed by atoms with van der Waals surface area (Å²) in [6, 6.07) is 22.8. The summed E-state index contributed by atoms with van der Waals surface area (Å²) < 4.78 is 26.9. The van der Waals surface area contributed by atoms with E-state index in [9.17, 15) is 0 Å². The molecule has 3 aromatic carbocycles. The van der Waals surface area contributed by atoms with Crippen LogP contribution in [0.25, 0.3) is 27.5 Å². The first-order valence-corrected chi connectivity index (χ1v) is 17.5. The SMILES string of the molecule is COc1ccc(C(C)(C)C)cc1C1=CC(C(C)(C)C)=CC(C(C)(C)C)(C(C)(C)C)C1Op1oc2ccccc2c2ccccc2o1. The van der Waals surface area contributed by atoms with Gasteiger partial charge in [-0.25, -0.2) is 0 Å². The molecule has 0 saturated carbocycles. The van der Waals surface area contributed by atoms with E-state index in [2.05, 4.69) is 126 Å². The molecule has 1 aliphatic rings. The highest BCUT2D eigenvalue weighted by atomic mass is 31.1. The Balaban J connectivity index is 1.90. The van der Waals surface area contributed by atoms with Gasteiger partial charge in [0.2, 0.25) is 0 Å². The third kappa shape index (κ3) is 6.12.